The molecule has 0 atom stereocenters. The Hall–Kier alpha value is -2.57. The van der Waals surface area contributed by atoms with Gasteiger partial charge in [-0.05, 0) is 48.5 Å². The van der Waals surface area contributed by atoms with Gasteiger partial charge >= 0.3 is 0 Å². The lowest BCUT2D eigenvalue weighted by Crippen LogP contribution is -2.43. The van der Waals surface area contributed by atoms with Gasteiger partial charge in [-0.1, -0.05) is 13.8 Å². The highest BCUT2D eigenvalue weighted by atomic mass is 16.2. The van der Waals surface area contributed by atoms with Crippen LogP contribution < -0.4 is 25.3 Å². The van der Waals surface area contributed by atoms with E-state index in [0.29, 0.717) is 5.56 Å². The van der Waals surface area contributed by atoms with Crippen LogP contribution in [0.15, 0.2) is 48.5 Å². The number of nitrogens with one attached hydrogen (secondary N) is 2. The Kier molecular flexibility index (Phi) is 8.11. The Balaban J connectivity index is 0.00000124. The maximum absolute atomic E-state index is 12.9. The van der Waals surface area contributed by atoms with Gasteiger partial charge in [0, 0.05) is 82.0 Å². The molecule has 2 heterocycles. The first-order chi connectivity index (χ1) is 14.7. The topological polar surface area (TPSA) is 50.9 Å². The monoisotopic (exact) mass is 409 g/mol. The van der Waals surface area contributed by atoms with E-state index in [4.69, 9.17) is 0 Å². The van der Waals surface area contributed by atoms with Crippen molar-refractivity contribution in [3.05, 3.63) is 54.1 Å². The van der Waals surface area contributed by atoms with E-state index in [1.165, 1.54) is 11.4 Å². The molecule has 0 bridgehead atoms. The summed E-state index contributed by atoms with van der Waals surface area (Å²) in [5.74, 6) is 0.0155. The summed E-state index contributed by atoms with van der Waals surface area (Å²) in [6.07, 6.45) is 0. The number of carbonyl (C=O) groups excluding carboxylic acids is 1. The minimum Gasteiger partial charge on any atom is -0.369 e. The third-order valence-electron chi connectivity index (χ3n) is 5.62. The van der Waals surface area contributed by atoms with Gasteiger partial charge < -0.3 is 25.3 Å². The van der Waals surface area contributed by atoms with Gasteiger partial charge in [0.15, 0.2) is 0 Å². The fourth-order valence-corrected chi connectivity index (χ4v) is 3.86. The molecule has 4 rings (SSSR count). The summed E-state index contributed by atoms with van der Waals surface area (Å²) in [4.78, 5) is 19.3. The molecule has 0 unspecified atom stereocenters. The van der Waals surface area contributed by atoms with Crippen molar-refractivity contribution in [2.75, 3.05) is 74.1 Å². The summed E-state index contributed by atoms with van der Waals surface area (Å²) in [5.41, 5.74) is 4.02. The average molecular weight is 410 g/mol. The fraction of sp³-hybridized carbons (Fsp3) is 0.458. The van der Waals surface area contributed by atoms with Crippen LogP contribution in [0.4, 0.5) is 17.1 Å². The summed E-state index contributed by atoms with van der Waals surface area (Å²) in [5, 5.41) is 6.73. The van der Waals surface area contributed by atoms with E-state index < -0.39 is 0 Å². The van der Waals surface area contributed by atoms with E-state index in [1.54, 1.807) is 4.90 Å². The zero-order chi connectivity index (χ0) is 21.3. The van der Waals surface area contributed by atoms with Crippen molar-refractivity contribution in [1.29, 1.82) is 0 Å². The molecular formula is C24H35N5O. The standard InChI is InChI=1S/C22H29N5O.C2H6/c1-25(19-6-8-21(9-7-19)27-16-12-24-13-17-27)22(28)18-2-4-20(5-3-18)26-14-10-23-11-15-26;1-2/h2-9,23-24H,10-17H2,1H3;1-2H3. The van der Waals surface area contributed by atoms with Crippen LogP contribution in [0.1, 0.15) is 24.2 Å². The minimum absolute atomic E-state index is 0.0155. The van der Waals surface area contributed by atoms with E-state index in [-0.39, 0.29) is 5.91 Å². The second kappa shape index (κ2) is 11.0. The molecule has 0 radical (unpaired) electrons. The average Bonchev–Trinajstić information content (AvgIpc) is 2.86. The molecule has 0 aliphatic carbocycles. The smallest absolute Gasteiger partial charge is 0.258 e. The molecule has 2 aliphatic rings. The van der Waals surface area contributed by atoms with E-state index >= 15 is 0 Å². The molecule has 2 fully saturated rings. The molecule has 30 heavy (non-hydrogen) atoms. The van der Waals surface area contributed by atoms with Gasteiger partial charge in [0.1, 0.15) is 0 Å². The van der Waals surface area contributed by atoms with Gasteiger partial charge in [0.25, 0.3) is 5.91 Å². The summed E-state index contributed by atoms with van der Waals surface area (Å²) >= 11 is 0. The number of piperazine rings is 2. The molecule has 1 amide bonds. The molecule has 2 saturated heterocycles. The number of hydrogen-bond donors (Lipinski definition) is 2. The van der Waals surface area contributed by atoms with Gasteiger partial charge in [0.2, 0.25) is 0 Å². The van der Waals surface area contributed by atoms with E-state index in [0.717, 1.165) is 58.0 Å². The number of amides is 1. The lowest BCUT2D eigenvalue weighted by molar-refractivity contribution is 0.0993. The molecule has 0 spiro atoms. The molecule has 162 valence electrons. The van der Waals surface area contributed by atoms with E-state index in [1.807, 2.05) is 45.2 Å². The van der Waals surface area contributed by atoms with Crippen LogP contribution in [0.5, 0.6) is 0 Å². The lowest BCUT2D eigenvalue weighted by atomic mass is 10.1. The minimum atomic E-state index is 0.0155. The van der Waals surface area contributed by atoms with Gasteiger partial charge in [-0.15, -0.1) is 0 Å². The molecule has 0 saturated carbocycles. The molecular weight excluding hydrogens is 374 g/mol. The SMILES string of the molecule is CC.CN(C(=O)c1ccc(N2CCNCC2)cc1)c1ccc(N2CCNCC2)cc1. The third kappa shape index (κ3) is 5.32. The lowest BCUT2D eigenvalue weighted by Gasteiger charge is -2.30. The highest BCUT2D eigenvalue weighted by Crippen LogP contribution is 2.23. The second-order valence-electron chi connectivity index (χ2n) is 7.40. The number of hydrogen-bond acceptors (Lipinski definition) is 5. The summed E-state index contributed by atoms with van der Waals surface area (Å²) in [7, 11) is 1.84. The van der Waals surface area contributed by atoms with Crippen molar-refractivity contribution in [2.24, 2.45) is 0 Å². The van der Waals surface area contributed by atoms with Crippen molar-refractivity contribution < 1.29 is 4.79 Å². The van der Waals surface area contributed by atoms with E-state index in [9.17, 15) is 4.79 Å². The third-order valence-corrected chi connectivity index (χ3v) is 5.62. The van der Waals surface area contributed by atoms with Crippen LogP contribution in [0, 0.1) is 0 Å². The summed E-state index contributed by atoms with van der Waals surface area (Å²) in [6.45, 7) is 12.1. The fourth-order valence-electron chi connectivity index (χ4n) is 3.86. The van der Waals surface area contributed by atoms with Crippen LogP contribution in [-0.4, -0.2) is 65.3 Å². The maximum atomic E-state index is 12.9. The molecule has 2 aromatic rings. The van der Waals surface area contributed by atoms with Crippen LogP contribution in [0.3, 0.4) is 0 Å². The predicted octanol–water partition coefficient (Wildman–Crippen LogP) is 2.81. The van der Waals surface area contributed by atoms with Crippen molar-refractivity contribution >= 4 is 23.0 Å². The molecule has 6 nitrogen and oxygen atoms in total. The van der Waals surface area contributed by atoms with Gasteiger partial charge in [0.05, 0.1) is 0 Å². The maximum Gasteiger partial charge on any atom is 0.258 e. The number of nitrogens with zero attached hydrogens (tertiary/aromatic N) is 3. The number of benzene rings is 2. The normalized spacial score (nSPS) is 16.5. The Labute approximate surface area is 180 Å². The van der Waals surface area contributed by atoms with Crippen molar-refractivity contribution in [2.45, 2.75) is 13.8 Å². The van der Waals surface area contributed by atoms with Gasteiger partial charge in [-0.3, -0.25) is 4.79 Å². The molecule has 2 aromatic carbocycles. The molecule has 2 aliphatic heterocycles. The molecule has 6 heteroatoms. The number of carbonyl (C=O) groups is 1. The number of rotatable bonds is 4. The Morgan fingerprint density at radius 1 is 0.733 bits per heavy atom. The molecule has 0 aromatic heterocycles. The highest BCUT2D eigenvalue weighted by Gasteiger charge is 2.16. The van der Waals surface area contributed by atoms with Crippen molar-refractivity contribution in [1.82, 2.24) is 10.6 Å². The van der Waals surface area contributed by atoms with Crippen LogP contribution in [-0.2, 0) is 0 Å². The molecule has 2 N–H and O–H groups in total. The quantitative estimate of drug-likeness (QED) is 0.813. The van der Waals surface area contributed by atoms with E-state index in [2.05, 4.69) is 44.7 Å². The van der Waals surface area contributed by atoms with Crippen LogP contribution in [0.25, 0.3) is 0 Å². The summed E-state index contributed by atoms with van der Waals surface area (Å²) < 4.78 is 0. The predicted molar refractivity (Wildman–Crippen MR) is 127 cm³/mol. The Morgan fingerprint density at radius 2 is 1.13 bits per heavy atom. The second-order valence-corrected chi connectivity index (χ2v) is 7.40. The summed E-state index contributed by atoms with van der Waals surface area (Å²) in [6, 6.07) is 16.3. The first-order valence-corrected chi connectivity index (χ1v) is 11.1. The largest absolute Gasteiger partial charge is 0.369 e. The Bertz CT molecular complexity index is 778. The van der Waals surface area contributed by atoms with Crippen LogP contribution >= 0.6 is 0 Å². The van der Waals surface area contributed by atoms with Crippen LogP contribution in [0.2, 0.25) is 0 Å². The van der Waals surface area contributed by atoms with Crippen molar-refractivity contribution in [3.63, 3.8) is 0 Å². The Morgan fingerprint density at radius 3 is 1.57 bits per heavy atom. The van der Waals surface area contributed by atoms with Gasteiger partial charge in [-0.2, -0.15) is 0 Å². The first-order valence-electron chi connectivity index (χ1n) is 11.1. The highest BCUT2D eigenvalue weighted by molar-refractivity contribution is 6.06. The van der Waals surface area contributed by atoms with Crippen molar-refractivity contribution in [3.8, 4) is 0 Å². The first kappa shape index (κ1) is 22.1. The zero-order valence-electron chi connectivity index (χ0n) is 18.5. The zero-order valence-corrected chi connectivity index (χ0v) is 18.5. The number of anilines is 3. The van der Waals surface area contributed by atoms with Gasteiger partial charge in [-0.25, -0.2) is 0 Å².